The smallest absolute Gasteiger partial charge is 0.407 e. The first-order chi connectivity index (χ1) is 43.8. The molecule has 0 spiro atoms. The summed E-state index contributed by atoms with van der Waals surface area (Å²) in [6.45, 7) is 10.4. The second-order valence-corrected chi connectivity index (χ2v) is 26.5. The number of alkyl carbamates (subject to hydrolysis) is 1. The van der Waals surface area contributed by atoms with Crippen LogP contribution in [0.25, 0.3) is 21.6 Å². The fourth-order valence-corrected chi connectivity index (χ4v) is 14.0. The summed E-state index contributed by atoms with van der Waals surface area (Å²) in [7, 11) is 0. The molecular weight excluding hydrogens is 1170 g/mol. The number of carbonyl (C=O) groups is 7. The lowest BCUT2D eigenvalue weighted by Crippen LogP contribution is -2.57. The second-order valence-electron chi connectivity index (χ2n) is 25.6. The minimum Gasteiger partial charge on any atom is -0.449 e. The molecule has 0 unspecified atom stereocenters. The first-order valence-corrected chi connectivity index (χ1v) is 32.7. The molecule has 0 bridgehead atoms. The van der Waals surface area contributed by atoms with Gasteiger partial charge in [0.1, 0.15) is 25.3 Å². The Balaban J connectivity index is 0.638. The number of anilines is 1. The number of primary amides is 1. The number of para-hydroxylation sites is 1. The number of β-amino-alcohol motifs (C(OH)–C–C–N with tert-alkyl or cyclic N) is 1. The number of Topliss-reactive ketones (excluding diaryl/α,β-unsaturated/α-hetero) is 2. The molecule has 91 heavy (non-hydrogen) atoms. The van der Waals surface area contributed by atoms with Gasteiger partial charge in [-0.15, -0.1) is 11.3 Å². The quantitative estimate of drug-likeness (QED) is 0.0320. The molecule has 18 nitrogen and oxygen atoms in total. The van der Waals surface area contributed by atoms with Crippen LogP contribution in [0.5, 0.6) is 0 Å². The Hall–Kier alpha value is -7.94. The van der Waals surface area contributed by atoms with Gasteiger partial charge in [-0.1, -0.05) is 136 Å². The lowest BCUT2D eigenvalue weighted by atomic mass is 9.85. The molecule has 1 aliphatic carbocycles. The first-order valence-electron chi connectivity index (χ1n) is 31.8. The van der Waals surface area contributed by atoms with Crippen molar-refractivity contribution in [1.29, 1.82) is 0 Å². The molecule has 3 aliphatic heterocycles. The van der Waals surface area contributed by atoms with Crippen LogP contribution in [0.4, 0.5) is 10.5 Å². The van der Waals surface area contributed by atoms with Crippen molar-refractivity contribution in [2.45, 2.75) is 154 Å². The van der Waals surface area contributed by atoms with Crippen molar-refractivity contribution < 1.29 is 57.6 Å². The number of amides is 5. The highest BCUT2D eigenvalue weighted by Gasteiger charge is 2.46. The maximum Gasteiger partial charge on any atom is 0.407 e. The number of benzene rings is 5. The number of hydrogen-bond donors (Lipinski definition) is 4. The molecule has 5 aromatic carbocycles. The third-order valence-corrected chi connectivity index (χ3v) is 19.1. The van der Waals surface area contributed by atoms with Crippen molar-refractivity contribution in [1.82, 2.24) is 20.5 Å². The molecule has 1 saturated heterocycles. The Morgan fingerprint density at radius 3 is 2.15 bits per heavy atom. The summed E-state index contributed by atoms with van der Waals surface area (Å²) in [4.78, 5) is 104. The van der Waals surface area contributed by atoms with Crippen LogP contribution in [0.3, 0.4) is 0 Å². The molecule has 5 N–H and O–H groups in total. The van der Waals surface area contributed by atoms with Crippen LogP contribution in [0.1, 0.15) is 123 Å². The van der Waals surface area contributed by atoms with Gasteiger partial charge in [0.05, 0.1) is 65.9 Å². The van der Waals surface area contributed by atoms with E-state index in [4.69, 9.17) is 24.7 Å². The Labute approximate surface area is 536 Å². The minimum atomic E-state index is -0.961. The average molecular weight is 1260 g/mol. The van der Waals surface area contributed by atoms with Crippen LogP contribution < -0.4 is 21.3 Å². The Morgan fingerprint density at radius 2 is 1.46 bits per heavy atom. The molecule has 5 amide bonds. The zero-order valence-electron chi connectivity index (χ0n) is 52.7. The van der Waals surface area contributed by atoms with Gasteiger partial charge in [0.25, 0.3) is 0 Å². The Bertz CT molecular complexity index is 3540. The molecule has 0 saturated carbocycles. The van der Waals surface area contributed by atoms with Gasteiger partial charge in [-0.05, 0) is 119 Å². The van der Waals surface area contributed by atoms with Gasteiger partial charge in [0.2, 0.25) is 23.6 Å². The third-order valence-electron chi connectivity index (χ3n) is 18.2. The fraction of sp³-hybridized carbons (Fsp3) is 0.444. The molecule has 6 aromatic rings. The Morgan fingerprint density at radius 1 is 0.791 bits per heavy atom. The first kappa shape index (κ1) is 66.0. The van der Waals surface area contributed by atoms with Gasteiger partial charge in [0.15, 0.2) is 11.6 Å². The highest BCUT2D eigenvalue weighted by Crippen LogP contribution is 2.45. The lowest BCUT2D eigenvalue weighted by Gasteiger charge is -2.35. The molecular formula is C72H84N6O12S. The largest absolute Gasteiger partial charge is 0.449 e. The van der Waals surface area contributed by atoms with Gasteiger partial charge in [0, 0.05) is 51.2 Å². The number of aliphatic hydroxyl groups excluding tert-OH is 1. The predicted octanol–water partition coefficient (Wildman–Crippen LogP) is 9.34. The zero-order chi connectivity index (χ0) is 64.3. The number of ether oxygens (including phenoxy) is 4. The highest BCUT2D eigenvalue weighted by atomic mass is 32.1. The summed E-state index contributed by atoms with van der Waals surface area (Å²) in [5.74, 6) is -2.57. The molecule has 4 heterocycles. The number of fused-ring (bicyclic) bond motifs is 3. The third kappa shape index (κ3) is 16.2. The number of nitrogens with zero attached hydrogens (tertiary/aromatic N) is 3. The zero-order valence-corrected chi connectivity index (χ0v) is 53.5. The van der Waals surface area contributed by atoms with Crippen molar-refractivity contribution in [3.05, 3.63) is 165 Å². The maximum absolute atomic E-state index is 14.6. The summed E-state index contributed by atoms with van der Waals surface area (Å²) >= 11 is 1.58. The average Bonchev–Trinajstić information content (AvgIpc) is 1.62. The molecule has 10 rings (SSSR count). The summed E-state index contributed by atoms with van der Waals surface area (Å²) in [5.41, 5.74) is 18.8. The summed E-state index contributed by atoms with van der Waals surface area (Å²) in [6.07, 6.45) is 1.94. The number of likely N-dealkylation sites (tertiary alicyclic amines) is 1. The van der Waals surface area contributed by atoms with Crippen LogP contribution in [-0.4, -0.2) is 132 Å². The fourth-order valence-electron chi connectivity index (χ4n) is 13.2. The monoisotopic (exact) mass is 1260 g/mol. The van der Waals surface area contributed by atoms with Gasteiger partial charge in [-0.25, -0.2) is 9.78 Å². The van der Waals surface area contributed by atoms with E-state index < -0.39 is 65.6 Å². The van der Waals surface area contributed by atoms with Gasteiger partial charge in [-0.3, -0.25) is 33.7 Å². The number of rotatable bonds is 29. The van der Waals surface area contributed by atoms with Crippen molar-refractivity contribution in [2.75, 3.05) is 44.5 Å². The van der Waals surface area contributed by atoms with Gasteiger partial charge < -0.3 is 45.3 Å². The van der Waals surface area contributed by atoms with E-state index in [1.165, 1.54) is 4.90 Å². The molecule has 19 heteroatoms. The molecule has 1 aromatic heterocycles. The van der Waals surface area contributed by atoms with Crippen LogP contribution in [0, 0.1) is 18.3 Å². The van der Waals surface area contributed by atoms with Crippen LogP contribution in [0.15, 0.2) is 121 Å². The van der Waals surface area contributed by atoms with E-state index in [-0.39, 0.29) is 94.6 Å². The number of ketones is 2. The van der Waals surface area contributed by atoms with E-state index in [1.807, 2.05) is 143 Å². The van der Waals surface area contributed by atoms with E-state index in [1.54, 1.807) is 16.2 Å². The summed E-state index contributed by atoms with van der Waals surface area (Å²) < 4.78 is 23.7. The van der Waals surface area contributed by atoms with Crippen LogP contribution >= 0.6 is 11.3 Å². The lowest BCUT2D eigenvalue weighted by molar-refractivity contribution is -0.144. The molecule has 480 valence electrons. The topological polar surface area (TPSA) is 246 Å². The number of hydrogen-bond acceptors (Lipinski definition) is 14. The van der Waals surface area contributed by atoms with E-state index in [9.17, 15) is 38.7 Å². The van der Waals surface area contributed by atoms with E-state index >= 15 is 0 Å². The highest BCUT2D eigenvalue weighted by molar-refractivity contribution is 7.13. The second kappa shape index (κ2) is 30.0. The minimum absolute atomic E-state index is 0.00612. The van der Waals surface area contributed by atoms with E-state index in [0.717, 1.165) is 84.7 Å². The van der Waals surface area contributed by atoms with Crippen molar-refractivity contribution in [2.24, 2.45) is 17.1 Å². The number of thiazole rings is 1. The van der Waals surface area contributed by atoms with Crippen molar-refractivity contribution in [3.8, 4) is 21.6 Å². The number of aliphatic hydroxyl groups is 1. The summed E-state index contributed by atoms with van der Waals surface area (Å²) in [5, 5.41) is 16.4. The Kier molecular flexibility index (Phi) is 21.8. The van der Waals surface area contributed by atoms with Crippen molar-refractivity contribution >= 4 is 58.3 Å². The van der Waals surface area contributed by atoms with Crippen LogP contribution in [0.2, 0.25) is 0 Å². The van der Waals surface area contributed by atoms with Gasteiger partial charge in [-0.2, -0.15) is 0 Å². The van der Waals surface area contributed by atoms with Crippen molar-refractivity contribution in [3.63, 3.8) is 0 Å². The number of nitrogens with one attached hydrogen (secondary N) is 2. The number of nitrogens with two attached hydrogens (primary N) is 1. The standard InChI is InChI=1S/C72H84N6O12S/c1-44-67(91-43-74-44)50-26-23-47(24-27-50)25-31-62(80)60-38-53(79)39-77(60)70(85)68(72(3,4)5)76-65(83)42-88-35-34-87-33-11-12-46-19-21-48(22-20-46)40-89-45(2)51(29-32-64(73)82)37-63(81)61-36-52-14-10-13-49-28-30-59(69(84)78(61)66(49)52)75-71(86)90-41-58-56-17-8-6-15-54(56)55-16-7-9-18-57(55)58/h6-10,13-24,26-27,43,45,51,53,58-61,68,79H,11-12,25,28-42H2,1-5H3,(H2,73,82)(H,75,86)(H,76,83)/t45-,51-,53-,59+,60+,61+,68-/m1/s1. The number of aryl methyl sites for hydroxylation is 4. The van der Waals surface area contributed by atoms with Gasteiger partial charge >= 0.3 is 6.09 Å². The van der Waals surface area contributed by atoms with Crippen LogP contribution in [-0.2, 0) is 80.0 Å². The molecule has 1 fully saturated rings. The molecule has 0 radical (unpaired) electrons. The SMILES string of the molecule is Cc1ncsc1-c1ccc(CCC(=O)[C@@H]2C[C@@H](O)CN2C(=O)[C@@H](NC(=O)COCCOCCCc2ccc(CO[C@H](C)[C@H](CCC(N)=O)CC(=O)[C@@H]3Cc4cccc5c4N3C(=O)[C@@H](NC(=O)OCC3c4ccccc4-c4ccccc43)CC5)cc2)C(C)(C)C)cc1. The summed E-state index contributed by atoms with van der Waals surface area (Å²) in [6, 6.07) is 34.7. The number of carbonyl (C=O) groups excluding carboxylic acids is 7. The predicted molar refractivity (Wildman–Crippen MR) is 347 cm³/mol. The van der Waals surface area contributed by atoms with E-state index in [0.29, 0.717) is 38.7 Å². The number of aromatic nitrogens is 1. The molecule has 7 atom stereocenters. The normalized spacial score (nSPS) is 18.6. The van der Waals surface area contributed by atoms with E-state index in [2.05, 4.69) is 27.8 Å². The maximum atomic E-state index is 14.6. The molecule has 4 aliphatic rings.